The van der Waals surface area contributed by atoms with Gasteiger partial charge >= 0.3 is 0 Å². The maximum atomic E-state index is 12.3. The number of aliphatic hydroxyl groups excluding tert-OH is 1. The first-order valence-corrected chi connectivity index (χ1v) is 8.02. The van der Waals surface area contributed by atoms with Crippen LogP contribution in [0.5, 0.6) is 0 Å². The van der Waals surface area contributed by atoms with Crippen molar-refractivity contribution in [3.05, 3.63) is 21.9 Å². The van der Waals surface area contributed by atoms with E-state index in [0.717, 1.165) is 17.7 Å². The highest BCUT2D eigenvalue weighted by Crippen LogP contribution is 2.28. The molecule has 1 fully saturated rings. The summed E-state index contributed by atoms with van der Waals surface area (Å²) in [5, 5.41) is 13.7. The smallest absolute Gasteiger partial charge is 0.252 e. The normalized spacial score (nSPS) is 17.1. The summed E-state index contributed by atoms with van der Waals surface area (Å²) in [7, 11) is 0. The van der Waals surface area contributed by atoms with Gasteiger partial charge in [0.25, 0.3) is 5.91 Å². The molecule has 2 N–H and O–H groups in total. The zero-order valence-electron chi connectivity index (χ0n) is 11.9. The summed E-state index contributed by atoms with van der Waals surface area (Å²) in [4.78, 5) is 13.1. The lowest BCUT2D eigenvalue weighted by atomic mass is 9.83. The molecular formula is C16H21NO2S. The van der Waals surface area contributed by atoms with Crippen LogP contribution in [0.25, 0.3) is 0 Å². The molecule has 0 aliphatic heterocycles. The predicted octanol–water partition coefficient (Wildman–Crippen LogP) is 2.93. The van der Waals surface area contributed by atoms with Gasteiger partial charge in [0.1, 0.15) is 0 Å². The van der Waals surface area contributed by atoms with E-state index in [1.807, 2.05) is 11.4 Å². The third kappa shape index (κ3) is 4.09. The maximum absolute atomic E-state index is 12.3. The Bertz CT molecular complexity index is 518. The first-order chi connectivity index (χ1) is 9.63. The van der Waals surface area contributed by atoms with E-state index in [9.17, 15) is 4.79 Å². The molecule has 1 aromatic rings. The van der Waals surface area contributed by atoms with E-state index in [1.54, 1.807) is 0 Å². The fraction of sp³-hybridized carbons (Fsp3) is 0.562. The number of amides is 1. The zero-order valence-corrected chi connectivity index (χ0v) is 12.7. The number of carbonyl (C=O) groups excluding carboxylic acids is 1. The van der Waals surface area contributed by atoms with E-state index in [1.165, 1.54) is 30.6 Å². The van der Waals surface area contributed by atoms with E-state index in [0.29, 0.717) is 12.0 Å². The van der Waals surface area contributed by atoms with E-state index in [4.69, 9.17) is 5.11 Å². The van der Waals surface area contributed by atoms with Gasteiger partial charge < -0.3 is 10.4 Å². The first kappa shape index (κ1) is 15.1. The van der Waals surface area contributed by atoms with Gasteiger partial charge in [0.05, 0.1) is 17.0 Å². The number of nitrogens with one attached hydrogen (secondary N) is 1. The fourth-order valence-corrected chi connectivity index (χ4v) is 3.28. The Morgan fingerprint density at radius 2 is 2.20 bits per heavy atom. The van der Waals surface area contributed by atoms with Crippen LogP contribution in [0.3, 0.4) is 0 Å². The van der Waals surface area contributed by atoms with Crippen molar-refractivity contribution in [3.63, 3.8) is 0 Å². The molecular weight excluding hydrogens is 270 g/mol. The van der Waals surface area contributed by atoms with Crippen LogP contribution in [-0.2, 0) is 0 Å². The molecule has 1 aliphatic carbocycles. The fourth-order valence-electron chi connectivity index (χ4n) is 2.53. The van der Waals surface area contributed by atoms with Crippen molar-refractivity contribution in [3.8, 4) is 11.8 Å². The highest BCUT2D eigenvalue weighted by molar-refractivity contribution is 7.10. The van der Waals surface area contributed by atoms with E-state index >= 15 is 0 Å². The van der Waals surface area contributed by atoms with Gasteiger partial charge in [0.2, 0.25) is 0 Å². The number of hydrogen-bond donors (Lipinski definition) is 2. The van der Waals surface area contributed by atoms with Gasteiger partial charge in [-0.15, -0.1) is 11.3 Å². The van der Waals surface area contributed by atoms with Crippen molar-refractivity contribution in [2.75, 3.05) is 6.61 Å². The number of thiophene rings is 1. The van der Waals surface area contributed by atoms with Crippen LogP contribution in [0.1, 0.15) is 60.7 Å². The average molecular weight is 291 g/mol. The second kappa shape index (κ2) is 6.92. The van der Waals surface area contributed by atoms with E-state index < -0.39 is 0 Å². The lowest BCUT2D eigenvalue weighted by molar-refractivity contribution is 0.0883. The topological polar surface area (TPSA) is 49.3 Å². The summed E-state index contributed by atoms with van der Waals surface area (Å²) in [6.07, 6.45) is 6.25. The molecule has 0 atom stereocenters. The van der Waals surface area contributed by atoms with Crippen molar-refractivity contribution < 1.29 is 9.90 Å². The van der Waals surface area contributed by atoms with Crippen molar-refractivity contribution in [2.45, 2.75) is 51.0 Å². The number of aliphatic hydroxyl groups is 1. The van der Waals surface area contributed by atoms with Gasteiger partial charge in [-0.2, -0.15) is 0 Å². The van der Waals surface area contributed by atoms with Gasteiger partial charge in [-0.3, -0.25) is 4.79 Å². The van der Waals surface area contributed by atoms with Crippen LogP contribution >= 0.6 is 11.3 Å². The second-order valence-electron chi connectivity index (χ2n) is 5.55. The highest BCUT2D eigenvalue weighted by atomic mass is 32.1. The largest absolute Gasteiger partial charge is 0.395 e. The Morgan fingerprint density at radius 1 is 1.45 bits per heavy atom. The lowest BCUT2D eigenvalue weighted by Gasteiger charge is -2.34. The second-order valence-corrected chi connectivity index (χ2v) is 6.46. The molecule has 3 nitrogen and oxygen atoms in total. The van der Waals surface area contributed by atoms with Gasteiger partial charge in [-0.05, 0) is 25.8 Å². The molecule has 0 bridgehead atoms. The Hall–Kier alpha value is -1.31. The standard InChI is InChI=1S/C16H21NO2S/c1-16(8-4-2-5-9-16)17-15(19)13-11-14(20-12-13)7-3-6-10-18/h11-12,18H,2,4-6,8-10H2,1H3,(H,17,19). The Labute approximate surface area is 124 Å². The summed E-state index contributed by atoms with van der Waals surface area (Å²) < 4.78 is 0. The molecule has 1 saturated carbocycles. The van der Waals surface area contributed by atoms with Crippen LogP contribution in [0.2, 0.25) is 0 Å². The molecule has 0 saturated heterocycles. The van der Waals surface area contributed by atoms with Crippen LogP contribution < -0.4 is 5.32 Å². The van der Waals surface area contributed by atoms with Crippen LogP contribution in [-0.4, -0.2) is 23.2 Å². The van der Waals surface area contributed by atoms with Crippen LogP contribution in [0.15, 0.2) is 11.4 Å². The molecule has 0 radical (unpaired) electrons. The third-order valence-corrected chi connectivity index (χ3v) is 4.53. The molecule has 4 heteroatoms. The molecule has 0 spiro atoms. The monoisotopic (exact) mass is 291 g/mol. The molecule has 1 amide bonds. The summed E-state index contributed by atoms with van der Waals surface area (Å²) in [5.74, 6) is 5.83. The summed E-state index contributed by atoms with van der Waals surface area (Å²) >= 11 is 1.47. The molecule has 108 valence electrons. The van der Waals surface area contributed by atoms with Gasteiger partial charge in [0.15, 0.2) is 0 Å². The Morgan fingerprint density at radius 3 is 2.90 bits per heavy atom. The average Bonchev–Trinajstić information content (AvgIpc) is 2.88. The number of carbonyl (C=O) groups is 1. The SMILES string of the molecule is CC1(NC(=O)c2csc(C#CCCO)c2)CCCCC1. The lowest BCUT2D eigenvalue weighted by Crippen LogP contribution is -2.47. The van der Waals surface area contributed by atoms with Crippen LogP contribution in [0.4, 0.5) is 0 Å². The first-order valence-electron chi connectivity index (χ1n) is 7.14. The quantitative estimate of drug-likeness (QED) is 0.841. The molecule has 0 aromatic carbocycles. The molecule has 2 rings (SSSR count). The molecule has 1 heterocycles. The Kier molecular flexibility index (Phi) is 5.22. The highest BCUT2D eigenvalue weighted by Gasteiger charge is 2.28. The Balaban J connectivity index is 1.97. The number of hydrogen-bond acceptors (Lipinski definition) is 3. The van der Waals surface area contributed by atoms with Crippen molar-refractivity contribution in [2.24, 2.45) is 0 Å². The van der Waals surface area contributed by atoms with Crippen LogP contribution in [0, 0.1) is 11.8 Å². The summed E-state index contributed by atoms with van der Waals surface area (Å²) in [6, 6.07) is 1.83. The van der Waals surface area contributed by atoms with Crippen molar-refractivity contribution in [1.29, 1.82) is 0 Å². The minimum Gasteiger partial charge on any atom is -0.395 e. The summed E-state index contributed by atoms with van der Waals surface area (Å²) in [6.45, 7) is 2.21. The van der Waals surface area contributed by atoms with E-state index in [-0.39, 0.29) is 18.1 Å². The minimum absolute atomic E-state index is 0.000795. The summed E-state index contributed by atoms with van der Waals surface area (Å²) in [5.41, 5.74) is 0.634. The predicted molar refractivity (Wildman–Crippen MR) is 81.9 cm³/mol. The molecule has 20 heavy (non-hydrogen) atoms. The zero-order chi connectivity index (χ0) is 14.4. The third-order valence-electron chi connectivity index (χ3n) is 3.68. The maximum Gasteiger partial charge on any atom is 0.252 e. The van der Waals surface area contributed by atoms with Gasteiger partial charge in [-0.1, -0.05) is 31.1 Å². The molecule has 1 aromatic heterocycles. The minimum atomic E-state index is -0.0556. The molecule has 0 unspecified atom stereocenters. The molecule has 1 aliphatic rings. The number of rotatable bonds is 3. The van der Waals surface area contributed by atoms with Crippen molar-refractivity contribution in [1.82, 2.24) is 5.32 Å². The van der Waals surface area contributed by atoms with Crippen molar-refractivity contribution >= 4 is 17.2 Å². The van der Waals surface area contributed by atoms with Gasteiger partial charge in [-0.25, -0.2) is 0 Å². The van der Waals surface area contributed by atoms with Gasteiger partial charge in [0, 0.05) is 17.3 Å². The van der Waals surface area contributed by atoms with E-state index in [2.05, 4.69) is 24.1 Å².